The third kappa shape index (κ3) is 4.90. The van der Waals surface area contributed by atoms with E-state index in [1.54, 1.807) is 24.7 Å². The minimum Gasteiger partial charge on any atom is -0.477 e. The van der Waals surface area contributed by atoms with E-state index >= 15 is 0 Å². The van der Waals surface area contributed by atoms with Crippen LogP contribution in [-0.4, -0.2) is 27.5 Å². The molecule has 0 aliphatic rings. The van der Waals surface area contributed by atoms with Gasteiger partial charge in [0, 0.05) is 18.4 Å². The maximum absolute atomic E-state index is 12.3. The van der Waals surface area contributed by atoms with E-state index in [2.05, 4.69) is 20.3 Å². The van der Waals surface area contributed by atoms with Crippen molar-refractivity contribution in [1.29, 1.82) is 0 Å². The SMILES string of the molecule is CCOc1cncc(-c2cnc(C(=O)NCc3cccc(N)c3)s2)n1.Cl. The molecule has 0 unspecified atom stereocenters. The molecule has 0 saturated carbocycles. The molecule has 1 amide bonds. The summed E-state index contributed by atoms with van der Waals surface area (Å²) in [6.45, 7) is 2.78. The molecule has 1 aromatic carbocycles. The molecule has 0 radical (unpaired) electrons. The summed E-state index contributed by atoms with van der Waals surface area (Å²) in [7, 11) is 0. The van der Waals surface area contributed by atoms with E-state index in [0.717, 1.165) is 10.4 Å². The number of aromatic nitrogens is 3. The lowest BCUT2D eigenvalue weighted by molar-refractivity contribution is 0.0950. The number of nitrogens with one attached hydrogen (secondary N) is 1. The van der Waals surface area contributed by atoms with Gasteiger partial charge in [-0.2, -0.15) is 0 Å². The van der Waals surface area contributed by atoms with Crippen LogP contribution in [0.15, 0.2) is 42.9 Å². The molecule has 0 atom stereocenters. The molecular weight excluding hydrogens is 374 g/mol. The number of halogens is 1. The highest BCUT2D eigenvalue weighted by Crippen LogP contribution is 2.25. The van der Waals surface area contributed by atoms with Crippen LogP contribution in [0.2, 0.25) is 0 Å². The van der Waals surface area contributed by atoms with Crippen molar-refractivity contribution in [3.8, 4) is 16.5 Å². The smallest absolute Gasteiger partial charge is 0.280 e. The van der Waals surface area contributed by atoms with Gasteiger partial charge in [0.05, 0.1) is 23.9 Å². The highest BCUT2D eigenvalue weighted by Gasteiger charge is 2.13. The molecule has 3 aromatic rings. The summed E-state index contributed by atoms with van der Waals surface area (Å²) in [6, 6.07) is 7.37. The van der Waals surface area contributed by atoms with E-state index in [1.807, 2.05) is 25.1 Å². The lowest BCUT2D eigenvalue weighted by Gasteiger charge is -2.04. The third-order valence-corrected chi connectivity index (χ3v) is 4.28. The number of anilines is 1. The van der Waals surface area contributed by atoms with Gasteiger partial charge in [-0.3, -0.25) is 9.78 Å². The molecule has 0 aliphatic carbocycles. The number of ether oxygens (including phenoxy) is 1. The molecule has 0 fully saturated rings. The van der Waals surface area contributed by atoms with Crippen LogP contribution in [0.1, 0.15) is 22.3 Å². The number of nitrogens with zero attached hydrogens (tertiary/aromatic N) is 3. The molecule has 0 bridgehead atoms. The first-order chi connectivity index (χ1) is 12.2. The summed E-state index contributed by atoms with van der Waals surface area (Å²) in [4.78, 5) is 25.6. The predicted molar refractivity (Wildman–Crippen MR) is 104 cm³/mol. The Hall–Kier alpha value is -2.71. The fourth-order valence-corrected chi connectivity index (χ4v) is 2.93. The third-order valence-electron chi connectivity index (χ3n) is 3.26. The molecule has 3 N–H and O–H groups in total. The topological polar surface area (TPSA) is 103 Å². The average molecular weight is 392 g/mol. The Balaban J connectivity index is 0.00000243. The van der Waals surface area contributed by atoms with Gasteiger partial charge < -0.3 is 15.8 Å². The zero-order chi connectivity index (χ0) is 17.6. The van der Waals surface area contributed by atoms with E-state index in [4.69, 9.17) is 10.5 Å². The van der Waals surface area contributed by atoms with Crippen LogP contribution in [0.5, 0.6) is 5.88 Å². The zero-order valence-corrected chi connectivity index (χ0v) is 15.6. The quantitative estimate of drug-likeness (QED) is 0.626. The van der Waals surface area contributed by atoms with Crippen molar-refractivity contribution in [2.24, 2.45) is 0 Å². The fourth-order valence-electron chi connectivity index (χ4n) is 2.14. The molecule has 26 heavy (non-hydrogen) atoms. The number of carbonyl (C=O) groups excluding carboxylic acids is 1. The average Bonchev–Trinajstić information content (AvgIpc) is 3.11. The van der Waals surface area contributed by atoms with Gasteiger partial charge in [0.1, 0.15) is 5.69 Å². The Morgan fingerprint density at radius 2 is 2.15 bits per heavy atom. The summed E-state index contributed by atoms with van der Waals surface area (Å²) < 4.78 is 5.34. The van der Waals surface area contributed by atoms with Gasteiger partial charge in [0.25, 0.3) is 5.91 Å². The molecule has 3 rings (SSSR count). The number of rotatable bonds is 6. The molecule has 7 nitrogen and oxygen atoms in total. The largest absolute Gasteiger partial charge is 0.477 e. The maximum Gasteiger partial charge on any atom is 0.280 e. The van der Waals surface area contributed by atoms with Gasteiger partial charge in [0.2, 0.25) is 5.88 Å². The second-order valence-corrected chi connectivity index (χ2v) is 6.16. The number of carbonyl (C=O) groups is 1. The number of nitrogen functional groups attached to an aromatic ring is 1. The number of benzene rings is 1. The normalized spacial score (nSPS) is 10.0. The second-order valence-electron chi connectivity index (χ2n) is 5.13. The van der Waals surface area contributed by atoms with Gasteiger partial charge in [0.15, 0.2) is 5.01 Å². The molecule has 2 aromatic heterocycles. The molecular formula is C17H18ClN5O2S. The Morgan fingerprint density at radius 3 is 2.92 bits per heavy atom. The minimum absolute atomic E-state index is 0. The Labute approximate surface area is 161 Å². The van der Waals surface area contributed by atoms with Crippen molar-refractivity contribution in [1.82, 2.24) is 20.3 Å². The molecule has 0 spiro atoms. The molecule has 0 aliphatic heterocycles. The monoisotopic (exact) mass is 391 g/mol. The Bertz CT molecular complexity index is 887. The predicted octanol–water partition coefficient (Wildman–Crippen LogP) is 2.93. The van der Waals surface area contributed by atoms with Crippen molar-refractivity contribution in [2.75, 3.05) is 12.3 Å². The van der Waals surface area contributed by atoms with Crippen LogP contribution in [0.4, 0.5) is 5.69 Å². The van der Waals surface area contributed by atoms with Gasteiger partial charge >= 0.3 is 0 Å². The van der Waals surface area contributed by atoms with Gasteiger partial charge in [-0.05, 0) is 24.6 Å². The van der Waals surface area contributed by atoms with Crippen molar-refractivity contribution in [3.63, 3.8) is 0 Å². The highest BCUT2D eigenvalue weighted by molar-refractivity contribution is 7.16. The van der Waals surface area contributed by atoms with E-state index in [-0.39, 0.29) is 18.3 Å². The zero-order valence-electron chi connectivity index (χ0n) is 14.0. The van der Waals surface area contributed by atoms with E-state index in [9.17, 15) is 4.79 Å². The summed E-state index contributed by atoms with van der Waals surface area (Å²) in [5.74, 6) is 0.202. The van der Waals surface area contributed by atoms with E-state index < -0.39 is 0 Å². The number of hydrogen-bond acceptors (Lipinski definition) is 7. The van der Waals surface area contributed by atoms with Crippen molar-refractivity contribution in [3.05, 3.63) is 53.4 Å². The van der Waals surface area contributed by atoms with Crippen molar-refractivity contribution < 1.29 is 9.53 Å². The van der Waals surface area contributed by atoms with Crippen LogP contribution < -0.4 is 15.8 Å². The highest BCUT2D eigenvalue weighted by atomic mass is 35.5. The maximum atomic E-state index is 12.3. The number of nitrogens with two attached hydrogens (primary N) is 1. The van der Waals surface area contributed by atoms with Crippen molar-refractivity contribution in [2.45, 2.75) is 13.5 Å². The Kier molecular flexibility index (Phi) is 6.88. The molecule has 0 saturated heterocycles. The number of thiazole rings is 1. The Morgan fingerprint density at radius 1 is 1.31 bits per heavy atom. The summed E-state index contributed by atoms with van der Waals surface area (Å²) in [5, 5.41) is 3.20. The summed E-state index contributed by atoms with van der Waals surface area (Å²) in [5.41, 5.74) is 7.95. The fraction of sp³-hybridized carbons (Fsp3) is 0.176. The van der Waals surface area contributed by atoms with Gasteiger partial charge in [-0.1, -0.05) is 12.1 Å². The lowest BCUT2D eigenvalue weighted by atomic mass is 10.2. The first-order valence-corrected chi connectivity index (χ1v) is 8.51. The molecule has 2 heterocycles. The minimum atomic E-state index is -0.243. The van der Waals surface area contributed by atoms with Crippen LogP contribution in [0.25, 0.3) is 10.6 Å². The summed E-state index contributed by atoms with van der Waals surface area (Å²) >= 11 is 1.25. The van der Waals surface area contributed by atoms with Crippen LogP contribution >= 0.6 is 23.7 Å². The molecule has 136 valence electrons. The van der Waals surface area contributed by atoms with E-state index in [0.29, 0.717) is 35.4 Å². The second kappa shape index (κ2) is 9.12. The first kappa shape index (κ1) is 19.6. The van der Waals surface area contributed by atoms with E-state index in [1.165, 1.54) is 11.3 Å². The number of amides is 1. The summed E-state index contributed by atoms with van der Waals surface area (Å²) in [6.07, 6.45) is 4.78. The van der Waals surface area contributed by atoms with Crippen LogP contribution in [-0.2, 0) is 6.54 Å². The number of hydrogen-bond donors (Lipinski definition) is 2. The van der Waals surface area contributed by atoms with Gasteiger partial charge in [-0.25, -0.2) is 9.97 Å². The molecule has 9 heteroatoms. The standard InChI is InChI=1S/C17H17N5O2S.ClH/c1-2-24-15-10-19-8-13(22-15)14-9-21-17(25-14)16(23)20-7-11-4-3-5-12(18)6-11;/h3-6,8-10H,2,7,18H2,1H3,(H,20,23);1H. The van der Waals surface area contributed by atoms with Crippen LogP contribution in [0.3, 0.4) is 0 Å². The van der Waals surface area contributed by atoms with Gasteiger partial charge in [-0.15, -0.1) is 23.7 Å². The van der Waals surface area contributed by atoms with Crippen LogP contribution in [0, 0.1) is 0 Å². The lowest BCUT2D eigenvalue weighted by Crippen LogP contribution is -2.22. The first-order valence-electron chi connectivity index (χ1n) is 7.69. The van der Waals surface area contributed by atoms with Crippen molar-refractivity contribution >= 4 is 35.3 Å².